The van der Waals surface area contributed by atoms with Crippen LogP contribution in [0.3, 0.4) is 0 Å². The number of hydrogen-bond acceptors (Lipinski definition) is 4. The quantitative estimate of drug-likeness (QED) is 0.709. The standard InChI is InChI=1S/C15H12ClNO2S/c1-17-15-12(9-4-2-5-10(16)8-9)13(18)14(19-15)11-6-3-7-20-11/h2-8,17-18H,1H3. The summed E-state index contributed by atoms with van der Waals surface area (Å²) < 4.78 is 5.74. The number of benzene rings is 1. The summed E-state index contributed by atoms with van der Waals surface area (Å²) >= 11 is 7.53. The van der Waals surface area contributed by atoms with Crippen molar-refractivity contribution in [2.75, 3.05) is 12.4 Å². The predicted octanol–water partition coefficient (Wildman–Crippen LogP) is 5.08. The van der Waals surface area contributed by atoms with Crippen molar-refractivity contribution in [1.29, 1.82) is 0 Å². The summed E-state index contributed by atoms with van der Waals surface area (Å²) in [6.07, 6.45) is 0. The van der Waals surface area contributed by atoms with E-state index in [0.29, 0.717) is 22.2 Å². The zero-order valence-electron chi connectivity index (χ0n) is 10.7. The number of anilines is 1. The highest BCUT2D eigenvalue weighted by molar-refractivity contribution is 7.13. The van der Waals surface area contributed by atoms with Crippen molar-refractivity contribution in [1.82, 2.24) is 0 Å². The number of rotatable bonds is 3. The number of furan rings is 1. The Morgan fingerprint density at radius 2 is 2.10 bits per heavy atom. The van der Waals surface area contributed by atoms with Crippen LogP contribution in [0.15, 0.2) is 46.2 Å². The first-order valence-corrected chi connectivity index (χ1v) is 7.29. The molecule has 0 atom stereocenters. The average Bonchev–Trinajstić information content (AvgIpc) is 3.05. The van der Waals surface area contributed by atoms with Gasteiger partial charge in [0.25, 0.3) is 0 Å². The van der Waals surface area contributed by atoms with E-state index in [4.69, 9.17) is 16.0 Å². The van der Waals surface area contributed by atoms with E-state index in [1.807, 2.05) is 29.6 Å². The van der Waals surface area contributed by atoms with Gasteiger partial charge < -0.3 is 14.8 Å². The van der Waals surface area contributed by atoms with Crippen molar-refractivity contribution in [3.8, 4) is 27.5 Å². The molecular weight excluding hydrogens is 294 g/mol. The molecule has 0 saturated carbocycles. The molecule has 1 aromatic carbocycles. The fourth-order valence-corrected chi connectivity index (χ4v) is 2.98. The van der Waals surface area contributed by atoms with E-state index in [9.17, 15) is 5.11 Å². The molecule has 0 bridgehead atoms. The van der Waals surface area contributed by atoms with Gasteiger partial charge in [-0.05, 0) is 29.1 Å². The van der Waals surface area contributed by atoms with Crippen molar-refractivity contribution in [3.63, 3.8) is 0 Å². The van der Waals surface area contributed by atoms with Crippen LogP contribution < -0.4 is 5.32 Å². The van der Waals surface area contributed by atoms with Crippen LogP contribution in [0.2, 0.25) is 5.02 Å². The monoisotopic (exact) mass is 305 g/mol. The van der Waals surface area contributed by atoms with Crippen molar-refractivity contribution >= 4 is 28.8 Å². The van der Waals surface area contributed by atoms with Crippen LogP contribution in [-0.2, 0) is 0 Å². The second kappa shape index (κ2) is 5.23. The second-order valence-corrected chi connectivity index (χ2v) is 5.61. The first kappa shape index (κ1) is 13.1. The molecule has 2 N–H and O–H groups in total. The first-order valence-electron chi connectivity index (χ1n) is 6.04. The summed E-state index contributed by atoms with van der Waals surface area (Å²) in [6.45, 7) is 0. The summed E-state index contributed by atoms with van der Waals surface area (Å²) in [7, 11) is 1.75. The molecule has 0 radical (unpaired) electrons. The Kier molecular flexibility index (Phi) is 3.42. The molecule has 0 spiro atoms. The summed E-state index contributed by atoms with van der Waals surface area (Å²) in [5, 5.41) is 16.0. The third-order valence-corrected chi connectivity index (χ3v) is 4.07. The van der Waals surface area contributed by atoms with E-state index >= 15 is 0 Å². The molecule has 2 heterocycles. The number of halogens is 1. The van der Waals surface area contributed by atoms with E-state index in [1.165, 1.54) is 11.3 Å². The molecule has 0 amide bonds. The number of nitrogens with one attached hydrogen (secondary N) is 1. The Hall–Kier alpha value is -1.91. The predicted molar refractivity (Wildman–Crippen MR) is 83.7 cm³/mol. The SMILES string of the molecule is CNc1oc(-c2cccs2)c(O)c1-c1cccc(Cl)c1. The smallest absolute Gasteiger partial charge is 0.205 e. The minimum absolute atomic E-state index is 0.124. The molecule has 0 fully saturated rings. The maximum absolute atomic E-state index is 10.5. The molecule has 3 rings (SSSR count). The molecule has 0 aliphatic heterocycles. The number of aromatic hydroxyl groups is 1. The zero-order valence-corrected chi connectivity index (χ0v) is 12.3. The van der Waals surface area contributed by atoms with E-state index in [1.54, 1.807) is 19.2 Å². The highest BCUT2D eigenvalue weighted by Crippen LogP contribution is 2.47. The highest BCUT2D eigenvalue weighted by Gasteiger charge is 2.22. The van der Waals surface area contributed by atoms with Gasteiger partial charge in [0.1, 0.15) is 0 Å². The maximum atomic E-state index is 10.5. The molecule has 3 aromatic rings. The van der Waals surface area contributed by atoms with Crippen LogP contribution in [0.5, 0.6) is 5.75 Å². The Balaban J connectivity index is 2.20. The highest BCUT2D eigenvalue weighted by atomic mass is 35.5. The fraction of sp³-hybridized carbons (Fsp3) is 0.0667. The third-order valence-electron chi connectivity index (χ3n) is 2.97. The van der Waals surface area contributed by atoms with Gasteiger partial charge in [0, 0.05) is 12.1 Å². The van der Waals surface area contributed by atoms with Gasteiger partial charge in [0.05, 0.1) is 10.4 Å². The van der Waals surface area contributed by atoms with Crippen molar-refractivity contribution in [2.24, 2.45) is 0 Å². The van der Waals surface area contributed by atoms with Gasteiger partial charge in [-0.3, -0.25) is 0 Å². The van der Waals surface area contributed by atoms with Crippen LogP contribution in [0.25, 0.3) is 21.8 Å². The molecule has 0 aliphatic carbocycles. The largest absolute Gasteiger partial charge is 0.504 e. The number of hydrogen-bond donors (Lipinski definition) is 2. The summed E-state index contributed by atoms with van der Waals surface area (Å²) in [5.74, 6) is 1.12. The fourth-order valence-electron chi connectivity index (χ4n) is 2.09. The Labute approximate surface area is 125 Å². The zero-order chi connectivity index (χ0) is 14.1. The molecule has 0 saturated heterocycles. The first-order chi connectivity index (χ1) is 9.70. The molecule has 20 heavy (non-hydrogen) atoms. The van der Waals surface area contributed by atoms with Crippen LogP contribution >= 0.6 is 22.9 Å². The lowest BCUT2D eigenvalue weighted by atomic mass is 10.1. The van der Waals surface area contributed by atoms with Crippen LogP contribution in [0, 0.1) is 0 Å². The van der Waals surface area contributed by atoms with Gasteiger partial charge in [0.2, 0.25) is 5.88 Å². The maximum Gasteiger partial charge on any atom is 0.205 e. The minimum atomic E-state index is 0.124. The van der Waals surface area contributed by atoms with Crippen molar-refractivity contribution in [3.05, 3.63) is 46.8 Å². The second-order valence-electron chi connectivity index (χ2n) is 4.22. The lowest BCUT2D eigenvalue weighted by Crippen LogP contribution is -1.87. The molecule has 2 aromatic heterocycles. The molecule has 102 valence electrons. The van der Waals surface area contributed by atoms with Crippen molar-refractivity contribution in [2.45, 2.75) is 0 Å². The topological polar surface area (TPSA) is 45.4 Å². The van der Waals surface area contributed by atoms with Gasteiger partial charge in [-0.25, -0.2) is 0 Å². The van der Waals surface area contributed by atoms with E-state index in [-0.39, 0.29) is 5.75 Å². The summed E-state index contributed by atoms with van der Waals surface area (Å²) in [5.41, 5.74) is 1.43. The lowest BCUT2D eigenvalue weighted by Gasteiger charge is -2.02. The Morgan fingerprint density at radius 1 is 1.25 bits per heavy atom. The average molecular weight is 306 g/mol. The molecule has 0 aliphatic rings. The normalized spacial score (nSPS) is 10.7. The third kappa shape index (κ3) is 2.17. The summed E-state index contributed by atoms with van der Waals surface area (Å²) in [4.78, 5) is 0.882. The van der Waals surface area contributed by atoms with Gasteiger partial charge in [-0.15, -0.1) is 11.3 Å². The molecule has 3 nitrogen and oxygen atoms in total. The van der Waals surface area contributed by atoms with Crippen molar-refractivity contribution < 1.29 is 9.52 Å². The van der Waals surface area contributed by atoms with Gasteiger partial charge in [0.15, 0.2) is 11.5 Å². The number of thiophene rings is 1. The van der Waals surface area contributed by atoms with E-state index < -0.39 is 0 Å². The van der Waals surface area contributed by atoms with Gasteiger partial charge >= 0.3 is 0 Å². The van der Waals surface area contributed by atoms with Crippen LogP contribution in [0.4, 0.5) is 5.88 Å². The van der Waals surface area contributed by atoms with Crippen LogP contribution in [0.1, 0.15) is 0 Å². The molecule has 5 heteroatoms. The lowest BCUT2D eigenvalue weighted by molar-refractivity contribution is 0.467. The minimum Gasteiger partial charge on any atom is -0.504 e. The molecule has 0 unspecified atom stereocenters. The summed E-state index contributed by atoms with van der Waals surface area (Å²) in [6, 6.07) is 11.1. The van der Waals surface area contributed by atoms with E-state index in [0.717, 1.165) is 10.4 Å². The van der Waals surface area contributed by atoms with E-state index in [2.05, 4.69) is 5.32 Å². The molecular formula is C15H12ClNO2S. The Morgan fingerprint density at radius 3 is 2.75 bits per heavy atom. The van der Waals surface area contributed by atoms with Crippen LogP contribution in [-0.4, -0.2) is 12.2 Å². The Bertz CT molecular complexity index is 734. The van der Waals surface area contributed by atoms with Gasteiger partial charge in [-0.2, -0.15) is 0 Å². The van der Waals surface area contributed by atoms with Gasteiger partial charge in [-0.1, -0.05) is 29.8 Å².